The average molecular weight is 475 g/mol. The Morgan fingerprint density at radius 2 is 1.83 bits per heavy atom. The lowest BCUT2D eigenvalue weighted by Crippen LogP contribution is -2.43. The fourth-order valence-corrected chi connectivity index (χ4v) is 4.33. The van der Waals surface area contributed by atoms with Crippen molar-refractivity contribution in [1.29, 1.82) is 0 Å². The fourth-order valence-electron chi connectivity index (χ4n) is 4.33. The summed E-state index contributed by atoms with van der Waals surface area (Å²) in [6, 6.07) is 9.15. The molecule has 1 aliphatic carbocycles. The van der Waals surface area contributed by atoms with Crippen LogP contribution in [-0.2, 0) is 32.2 Å². The van der Waals surface area contributed by atoms with E-state index in [1.807, 2.05) is 42.5 Å². The van der Waals surface area contributed by atoms with Gasteiger partial charge in [-0.3, -0.25) is 13.9 Å². The SMILES string of the molecule is CCOC(=O)/C=C/c1c2n(c(=O)n(Cc3ccccc3)c1=O)CC(C(=O)OC)=CC1=C2CC=CC1. The Labute approximate surface area is 202 Å². The van der Waals surface area contributed by atoms with Crippen LogP contribution in [0.15, 0.2) is 75.4 Å². The second-order valence-electron chi connectivity index (χ2n) is 8.14. The highest BCUT2D eigenvalue weighted by Crippen LogP contribution is 2.34. The van der Waals surface area contributed by atoms with Crippen LogP contribution in [0.1, 0.15) is 36.6 Å². The Hall–Kier alpha value is -4.20. The Balaban J connectivity index is 2.00. The number of hydrogen-bond donors (Lipinski definition) is 0. The molecule has 0 spiro atoms. The summed E-state index contributed by atoms with van der Waals surface area (Å²) in [5.74, 6) is -1.14. The van der Waals surface area contributed by atoms with Crippen LogP contribution in [0.25, 0.3) is 11.6 Å². The first-order valence-corrected chi connectivity index (χ1v) is 11.4. The molecule has 0 bridgehead atoms. The molecule has 0 atom stereocenters. The van der Waals surface area contributed by atoms with Gasteiger partial charge in [-0.05, 0) is 48.6 Å². The first kappa shape index (κ1) is 23.9. The van der Waals surface area contributed by atoms with Crippen molar-refractivity contribution in [2.45, 2.75) is 32.9 Å². The Morgan fingerprint density at radius 3 is 2.54 bits per heavy atom. The van der Waals surface area contributed by atoms with Crippen LogP contribution in [0.3, 0.4) is 0 Å². The number of carbonyl (C=O) groups excluding carboxylic acids is 2. The summed E-state index contributed by atoms with van der Waals surface area (Å²) < 4.78 is 12.5. The van der Waals surface area contributed by atoms with Crippen LogP contribution in [0, 0.1) is 0 Å². The minimum absolute atomic E-state index is 0.0438. The summed E-state index contributed by atoms with van der Waals surface area (Å²) in [7, 11) is 1.29. The van der Waals surface area contributed by atoms with E-state index in [0.29, 0.717) is 24.1 Å². The van der Waals surface area contributed by atoms with Gasteiger partial charge < -0.3 is 9.47 Å². The van der Waals surface area contributed by atoms with Crippen molar-refractivity contribution in [2.24, 2.45) is 0 Å². The summed E-state index contributed by atoms with van der Waals surface area (Å²) in [5.41, 5.74) is 2.19. The number of carbonyl (C=O) groups is 2. The van der Waals surface area contributed by atoms with E-state index in [1.165, 1.54) is 23.8 Å². The molecule has 1 aromatic heterocycles. The van der Waals surface area contributed by atoms with E-state index in [0.717, 1.165) is 21.3 Å². The molecule has 0 saturated carbocycles. The lowest BCUT2D eigenvalue weighted by Gasteiger charge is -2.21. The number of hydrogen-bond acceptors (Lipinski definition) is 6. The Bertz CT molecular complexity index is 1400. The zero-order valence-electron chi connectivity index (χ0n) is 19.7. The number of methoxy groups -OCH3 is 1. The third kappa shape index (κ3) is 4.87. The van der Waals surface area contributed by atoms with E-state index < -0.39 is 23.2 Å². The molecule has 8 heteroatoms. The van der Waals surface area contributed by atoms with Gasteiger partial charge in [0.15, 0.2) is 0 Å². The molecule has 8 nitrogen and oxygen atoms in total. The molecule has 4 rings (SSSR count). The van der Waals surface area contributed by atoms with Crippen molar-refractivity contribution in [3.63, 3.8) is 0 Å². The van der Waals surface area contributed by atoms with Gasteiger partial charge in [-0.15, -0.1) is 0 Å². The van der Waals surface area contributed by atoms with Crippen LogP contribution in [0.5, 0.6) is 0 Å². The van der Waals surface area contributed by atoms with Crippen molar-refractivity contribution in [1.82, 2.24) is 9.13 Å². The van der Waals surface area contributed by atoms with Gasteiger partial charge in [-0.25, -0.2) is 14.4 Å². The van der Waals surface area contributed by atoms with E-state index in [1.54, 1.807) is 13.0 Å². The fraction of sp³-hybridized carbons (Fsp3) is 0.259. The molecule has 2 aliphatic rings. The molecule has 0 saturated heterocycles. The van der Waals surface area contributed by atoms with E-state index in [9.17, 15) is 19.2 Å². The Morgan fingerprint density at radius 1 is 1.09 bits per heavy atom. The van der Waals surface area contributed by atoms with Gasteiger partial charge in [0.25, 0.3) is 5.56 Å². The number of fused-ring (bicyclic) bond motifs is 2. The van der Waals surface area contributed by atoms with Crippen molar-refractivity contribution in [3.8, 4) is 0 Å². The van der Waals surface area contributed by atoms with Gasteiger partial charge in [0.2, 0.25) is 0 Å². The van der Waals surface area contributed by atoms with Gasteiger partial charge >= 0.3 is 17.6 Å². The number of esters is 2. The summed E-state index contributed by atoms with van der Waals surface area (Å²) in [6.45, 7) is 1.86. The number of aromatic nitrogens is 2. The summed E-state index contributed by atoms with van der Waals surface area (Å²) in [5, 5.41) is 0. The highest BCUT2D eigenvalue weighted by atomic mass is 16.5. The highest BCUT2D eigenvalue weighted by Gasteiger charge is 2.27. The quantitative estimate of drug-likeness (QED) is 0.363. The molecule has 2 aromatic rings. The van der Waals surface area contributed by atoms with Crippen LogP contribution in [0.2, 0.25) is 0 Å². The van der Waals surface area contributed by atoms with E-state index in [4.69, 9.17) is 9.47 Å². The average Bonchev–Trinajstić information content (AvgIpc) is 3.04. The smallest absolute Gasteiger partial charge is 0.335 e. The third-order valence-electron chi connectivity index (χ3n) is 5.94. The monoisotopic (exact) mass is 474 g/mol. The second kappa shape index (κ2) is 10.4. The molecule has 180 valence electrons. The molecular formula is C27H26N2O6. The predicted molar refractivity (Wildman–Crippen MR) is 132 cm³/mol. The largest absolute Gasteiger partial charge is 0.466 e. The lowest BCUT2D eigenvalue weighted by molar-refractivity contribution is -0.137. The number of benzene rings is 1. The second-order valence-corrected chi connectivity index (χ2v) is 8.14. The van der Waals surface area contributed by atoms with Gasteiger partial charge in [0, 0.05) is 6.08 Å². The van der Waals surface area contributed by atoms with E-state index in [2.05, 4.69) is 0 Å². The zero-order chi connectivity index (χ0) is 24.9. The number of rotatable bonds is 6. The first-order valence-electron chi connectivity index (χ1n) is 11.4. The lowest BCUT2D eigenvalue weighted by atomic mass is 9.91. The van der Waals surface area contributed by atoms with Crippen molar-refractivity contribution >= 4 is 23.6 Å². The molecular weight excluding hydrogens is 448 g/mol. The topological polar surface area (TPSA) is 96.6 Å². The molecule has 1 aromatic carbocycles. The van der Waals surface area contributed by atoms with Gasteiger partial charge in [-0.2, -0.15) is 0 Å². The van der Waals surface area contributed by atoms with E-state index in [-0.39, 0.29) is 25.3 Å². The van der Waals surface area contributed by atoms with Gasteiger partial charge in [0.05, 0.1) is 43.6 Å². The maximum Gasteiger partial charge on any atom is 0.335 e. The molecule has 1 aliphatic heterocycles. The van der Waals surface area contributed by atoms with Gasteiger partial charge in [-0.1, -0.05) is 42.5 Å². The number of ether oxygens (including phenoxy) is 2. The molecule has 0 unspecified atom stereocenters. The van der Waals surface area contributed by atoms with Gasteiger partial charge in [0.1, 0.15) is 0 Å². The normalized spacial score (nSPS) is 14.7. The third-order valence-corrected chi connectivity index (χ3v) is 5.94. The summed E-state index contributed by atoms with van der Waals surface area (Å²) in [6.07, 6.45) is 9.28. The maximum atomic E-state index is 13.7. The predicted octanol–water partition coefficient (Wildman–Crippen LogP) is 2.85. The zero-order valence-corrected chi connectivity index (χ0v) is 19.7. The van der Waals surface area contributed by atoms with Crippen LogP contribution in [-0.4, -0.2) is 34.8 Å². The summed E-state index contributed by atoms with van der Waals surface area (Å²) >= 11 is 0. The van der Waals surface area contributed by atoms with Crippen LogP contribution in [0.4, 0.5) is 0 Å². The Kier molecular flexibility index (Phi) is 7.10. The van der Waals surface area contributed by atoms with Crippen LogP contribution < -0.4 is 11.2 Å². The number of allylic oxidation sites excluding steroid dienone is 5. The number of nitrogens with zero attached hydrogens (tertiary/aromatic N) is 2. The standard InChI is InChI=1S/C27H26N2O6/c1-3-35-23(30)14-13-22-24-21-12-8-7-11-19(21)15-20(26(32)34-2)17-28(24)27(33)29(25(22)31)16-18-9-5-4-6-10-18/h4-10,13-15H,3,11-12,16-17H2,1-2H3/b14-13+. The molecule has 0 radical (unpaired) electrons. The van der Waals surface area contributed by atoms with Crippen molar-refractivity contribution in [3.05, 3.63) is 103 Å². The first-order chi connectivity index (χ1) is 16.9. The highest BCUT2D eigenvalue weighted by molar-refractivity contribution is 5.92. The molecule has 2 heterocycles. The summed E-state index contributed by atoms with van der Waals surface area (Å²) in [4.78, 5) is 52.0. The van der Waals surface area contributed by atoms with Crippen molar-refractivity contribution < 1.29 is 19.1 Å². The molecule has 0 N–H and O–H groups in total. The van der Waals surface area contributed by atoms with Crippen LogP contribution >= 0.6 is 0 Å². The minimum atomic E-state index is -0.591. The van der Waals surface area contributed by atoms with E-state index >= 15 is 0 Å². The molecule has 0 amide bonds. The minimum Gasteiger partial charge on any atom is -0.466 e. The van der Waals surface area contributed by atoms with Crippen molar-refractivity contribution in [2.75, 3.05) is 13.7 Å². The molecule has 35 heavy (non-hydrogen) atoms. The molecule has 0 fully saturated rings. The maximum absolute atomic E-state index is 13.7.